The summed E-state index contributed by atoms with van der Waals surface area (Å²) in [6.45, 7) is 1.40. The number of rotatable bonds is 3. The molecule has 20 heavy (non-hydrogen) atoms. The largest absolute Gasteiger partial charge is 0.480 e. The molecule has 0 aliphatic heterocycles. The molecular weight excluding hydrogens is 305 g/mol. The maximum absolute atomic E-state index is 13.2. The number of amides is 1. The quantitative estimate of drug-likeness (QED) is 0.946. The Balaban J connectivity index is 2.45. The number of carbonyl (C=O) groups is 2. The Morgan fingerprint density at radius 3 is 2.70 bits per heavy atom. The van der Waals surface area contributed by atoms with Gasteiger partial charge in [0, 0.05) is 17.1 Å². The maximum atomic E-state index is 13.2. The Kier molecular flexibility index (Phi) is 3.96. The van der Waals surface area contributed by atoms with Crippen molar-refractivity contribution >= 4 is 44.9 Å². The predicted molar refractivity (Wildman–Crippen MR) is 76.0 cm³/mol. The van der Waals surface area contributed by atoms with Crippen LogP contribution in [0.4, 0.5) is 4.39 Å². The van der Waals surface area contributed by atoms with Gasteiger partial charge in [0.05, 0.1) is 5.02 Å². The van der Waals surface area contributed by atoms with E-state index in [1.807, 2.05) is 0 Å². The van der Waals surface area contributed by atoms with Crippen molar-refractivity contribution in [3.63, 3.8) is 0 Å². The molecule has 106 valence electrons. The average molecular weight is 316 g/mol. The normalized spacial score (nSPS) is 12.4. The molecule has 1 unspecified atom stereocenters. The molecule has 0 bridgehead atoms. The third kappa shape index (κ3) is 2.48. The summed E-state index contributed by atoms with van der Waals surface area (Å²) in [5, 5.41) is 9.72. The van der Waals surface area contributed by atoms with Crippen LogP contribution in [-0.4, -0.2) is 35.0 Å². The summed E-state index contributed by atoms with van der Waals surface area (Å²) in [7, 11) is 1.39. The number of fused-ring (bicyclic) bond motifs is 1. The number of thiophene rings is 1. The standard InChI is InChI=1S/C13H11ClFNO3S/c1-6(13(18)19)16(2)12(17)11-10(14)8-4-3-7(15)5-9(8)20-11/h3-6H,1-2H3,(H,18,19). The van der Waals surface area contributed by atoms with Gasteiger partial charge in [-0.05, 0) is 25.1 Å². The lowest BCUT2D eigenvalue weighted by molar-refractivity contribution is -0.141. The predicted octanol–water partition coefficient (Wildman–Crippen LogP) is 3.24. The van der Waals surface area contributed by atoms with Crippen molar-refractivity contribution in [3.8, 4) is 0 Å². The number of halogens is 2. The van der Waals surface area contributed by atoms with E-state index < -0.39 is 23.7 Å². The highest BCUT2D eigenvalue weighted by molar-refractivity contribution is 7.21. The van der Waals surface area contributed by atoms with Crippen molar-refractivity contribution < 1.29 is 19.1 Å². The lowest BCUT2D eigenvalue weighted by atomic mass is 10.2. The Morgan fingerprint density at radius 1 is 1.45 bits per heavy atom. The third-order valence-electron chi connectivity index (χ3n) is 3.04. The first-order valence-electron chi connectivity index (χ1n) is 5.70. The van der Waals surface area contributed by atoms with Gasteiger partial charge in [-0.2, -0.15) is 0 Å². The third-order valence-corrected chi connectivity index (χ3v) is 4.69. The molecule has 0 aliphatic carbocycles. The molecule has 0 saturated carbocycles. The van der Waals surface area contributed by atoms with Crippen LogP contribution in [0.25, 0.3) is 10.1 Å². The van der Waals surface area contributed by atoms with Crippen LogP contribution in [0.3, 0.4) is 0 Å². The van der Waals surface area contributed by atoms with E-state index in [0.29, 0.717) is 10.1 Å². The van der Waals surface area contributed by atoms with Crippen molar-refractivity contribution in [3.05, 3.63) is 33.9 Å². The van der Waals surface area contributed by atoms with Gasteiger partial charge in [0.1, 0.15) is 16.7 Å². The van der Waals surface area contributed by atoms with E-state index >= 15 is 0 Å². The van der Waals surface area contributed by atoms with Gasteiger partial charge in [-0.25, -0.2) is 9.18 Å². The Hall–Kier alpha value is -1.66. The van der Waals surface area contributed by atoms with Gasteiger partial charge in [0.15, 0.2) is 0 Å². The maximum Gasteiger partial charge on any atom is 0.326 e. The highest BCUT2D eigenvalue weighted by Gasteiger charge is 2.26. The number of carbonyl (C=O) groups excluding carboxylic acids is 1. The first-order valence-corrected chi connectivity index (χ1v) is 6.90. The molecule has 1 amide bonds. The van der Waals surface area contributed by atoms with E-state index in [-0.39, 0.29) is 9.90 Å². The summed E-state index contributed by atoms with van der Waals surface area (Å²) in [5.41, 5.74) is 0. The van der Waals surface area contributed by atoms with Gasteiger partial charge in [-0.3, -0.25) is 4.79 Å². The highest BCUT2D eigenvalue weighted by Crippen LogP contribution is 2.36. The molecule has 0 spiro atoms. The van der Waals surface area contributed by atoms with Gasteiger partial charge in [-0.15, -0.1) is 11.3 Å². The summed E-state index contributed by atoms with van der Waals surface area (Å²) in [6, 6.07) is 3.09. The molecule has 1 aromatic heterocycles. The lowest BCUT2D eigenvalue weighted by Crippen LogP contribution is -2.40. The number of carboxylic acid groups (broad SMARTS) is 1. The molecule has 1 aromatic carbocycles. The van der Waals surface area contributed by atoms with Crippen LogP contribution in [-0.2, 0) is 4.79 Å². The van der Waals surface area contributed by atoms with Crippen LogP contribution in [0.2, 0.25) is 5.02 Å². The number of aliphatic carboxylic acids is 1. The van der Waals surface area contributed by atoms with Crippen LogP contribution in [0.1, 0.15) is 16.6 Å². The van der Waals surface area contributed by atoms with Gasteiger partial charge in [0.25, 0.3) is 5.91 Å². The molecule has 2 aromatic rings. The molecule has 1 atom stereocenters. The summed E-state index contributed by atoms with van der Waals surface area (Å²) < 4.78 is 13.7. The molecule has 7 heteroatoms. The van der Waals surface area contributed by atoms with E-state index in [9.17, 15) is 14.0 Å². The van der Waals surface area contributed by atoms with E-state index in [4.69, 9.17) is 16.7 Å². The van der Waals surface area contributed by atoms with Gasteiger partial charge < -0.3 is 10.0 Å². The minimum absolute atomic E-state index is 0.211. The van der Waals surface area contributed by atoms with Gasteiger partial charge in [-0.1, -0.05) is 11.6 Å². The SMILES string of the molecule is CC(C(=O)O)N(C)C(=O)c1sc2cc(F)ccc2c1Cl. The number of nitrogens with zero attached hydrogens (tertiary/aromatic N) is 1. The van der Waals surface area contributed by atoms with Crippen molar-refractivity contribution in [2.75, 3.05) is 7.05 Å². The number of hydrogen-bond acceptors (Lipinski definition) is 3. The minimum Gasteiger partial charge on any atom is -0.480 e. The number of carboxylic acids is 1. The van der Waals surface area contributed by atoms with Crippen molar-refractivity contribution in [1.29, 1.82) is 0 Å². The zero-order valence-electron chi connectivity index (χ0n) is 10.7. The highest BCUT2D eigenvalue weighted by atomic mass is 35.5. The van der Waals surface area contributed by atoms with Crippen molar-refractivity contribution in [2.24, 2.45) is 0 Å². The summed E-state index contributed by atoms with van der Waals surface area (Å²) in [4.78, 5) is 24.5. The van der Waals surface area contributed by atoms with Gasteiger partial charge in [0.2, 0.25) is 0 Å². The molecule has 4 nitrogen and oxygen atoms in total. The second-order valence-corrected chi connectivity index (χ2v) is 5.75. The van der Waals surface area contributed by atoms with E-state index in [1.54, 1.807) is 0 Å². The van der Waals surface area contributed by atoms with Crippen LogP contribution in [0.15, 0.2) is 18.2 Å². The van der Waals surface area contributed by atoms with Crippen LogP contribution in [0, 0.1) is 5.82 Å². The lowest BCUT2D eigenvalue weighted by Gasteiger charge is -2.20. The molecular formula is C13H11ClFNO3S. The van der Waals surface area contributed by atoms with Crippen LogP contribution >= 0.6 is 22.9 Å². The van der Waals surface area contributed by atoms with Crippen LogP contribution < -0.4 is 0 Å². The number of likely N-dealkylation sites (N-methyl/N-ethyl adjacent to an activating group) is 1. The Labute approximate surface area is 123 Å². The molecule has 1 heterocycles. The smallest absolute Gasteiger partial charge is 0.326 e. The number of benzene rings is 1. The molecule has 1 N–H and O–H groups in total. The van der Waals surface area contributed by atoms with Crippen molar-refractivity contribution in [2.45, 2.75) is 13.0 Å². The molecule has 0 radical (unpaired) electrons. The molecule has 0 saturated heterocycles. The Bertz CT molecular complexity index is 700. The summed E-state index contributed by atoms with van der Waals surface area (Å²) in [5.74, 6) is -2.02. The average Bonchev–Trinajstić information content (AvgIpc) is 2.72. The zero-order chi connectivity index (χ0) is 15.0. The Morgan fingerprint density at radius 2 is 2.10 bits per heavy atom. The van der Waals surface area contributed by atoms with Crippen molar-refractivity contribution in [1.82, 2.24) is 4.90 Å². The fraction of sp³-hybridized carbons (Fsp3) is 0.231. The molecule has 0 fully saturated rings. The summed E-state index contributed by atoms with van der Waals surface area (Å²) >= 11 is 7.17. The van der Waals surface area contributed by atoms with E-state index in [0.717, 1.165) is 16.2 Å². The zero-order valence-corrected chi connectivity index (χ0v) is 12.3. The fourth-order valence-corrected chi connectivity index (χ4v) is 3.20. The first kappa shape index (κ1) is 14.7. The van der Waals surface area contributed by atoms with E-state index in [2.05, 4.69) is 0 Å². The minimum atomic E-state index is -1.11. The number of hydrogen-bond donors (Lipinski definition) is 1. The first-order chi connectivity index (χ1) is 9.32. The monoisotopic (exact) mass is 315 g/mol. The fourth-order valence-electron chi connectivity index (χ4n) is 1.68. The second kappa shape index (κ2) is 5.38. The van der Waals surface area contributed by atoms with E-state index in [1.165, 1.54) is 32.2 Å². The summed E-state index contributed by atoms with van der Waals surface area (Å²) in [6.07, 6.45) is 0. The molecule has 2 rings (SSSR count). The topological polar surface area (TPSA) is 57.6 Å². The van der Waals surface area contributed by atoms with Crippen LogP contribution in [0.5, 0.6) is 0 Å². The van der Waals surface area contributed by atoms with Gasteiger partial charge >= 0.3 is 5.97 Å². The second-order valence-electron chi connectivity index (χ2n) is 4.32. The molecule has 0 aliphatic rings.